The van der Waals surface area contributed by atoms with Gasteiger partial charge in [0.05, 0.1) is 32.5 Å². The quantitative estimate of drug-likeness (QED) is 0.663. The number of ether oxygens (including phenoxy) is 3. The molecule has 1 N–H and O–H groups in total. The van der Waals surface area contributed by atoms with Crippen LogP contribution in [0.25, 0.3) is 0 Å². The van der Waals surface area contributed by atoms with Crippen LogP contribution >= 0.6 is 0 Å². The number of hydrogen-bond acceptors (Lipinski definition) is 5. The standard InChI is InChI=1S/C21H19FN2O4/c1-26-18-8-9-19(27-2)14(11-18)12-20(25)24-16-5-10-21(23-13-16)28-17-6-3-15(22)4-7-17/h3-11,13H,12H2,1-2H3,(H,24,25). The van der Waals surface area contributed by atoms with Gasteiger partial charge in [0.15, 0.2) is 0 Å². The number of pyridine rings is 1. The number of anilines is 1. The number of halogens is 1. The lowest BCUT2D eigenvalue weighted by Crippen LogP contribution is -2.15. The van der Waals surface area contributed by atoms with Crippen LogP contribution < -0.4 is 19.5 Å². The summed E-state index contributed by atoms with van der Waals surface area (Å²) in [6.07, 6.45) is 1.60. The molecule has 0 bridgehead atoms. The van der Waals surface area contributed by atoms with E-state index in [1.807, 2.05) is 0 Å². The molecule has 28 heavy (non-hydrogen) atoms. The second-order valence-corrected chi connectivity index (χ2v) is 5.84. The van der Waals surface area contributed by atoms with Crippen molar-refractivity contribution in [3.05, 3.63) is 72.2 Å². The average molecular weight is 382 g/mol. The Balaban J connectivity index is 1.62. The van der Waals surface area contributed by atoms with Crippen molar-refractivity contribution in [2.45, 2.75) is 6.42 Å². The number of aromatic nitrogens is 1. The minimum absolute atomic E-state index is 0.119. The molecule has 0 aliphatic carbocycles. The maximum absolute atomic E-state index is 12.9. The minimum Gasteiger partial charge on any atom is -0.497 e. The monoisotopic (exact) mass is 382 g/mol. The lowest BCUT2D eigenvalue weighted by Gasteiger charge is -2.11. The van der Waals surface area contributed by atoms with Gasteiger partial charge in [0.25, 0.3) is 0 Å². The van der Waals surface area contributed by atoms with Crippen LogP contribution in [0, 0.1) is 5.82 Å². The molecule has 144 valence electrons. The number of carbonyl (C=O) groups excluding carboxylic acids is 1. The first-order chi connectivity index (χ1) is 13.6. The summed E-state index contributed by atoms with van der Waals surface area (Å²) >= 11 is 0. The van der Waals surface area contributed by atoms with Crippen molar-refractivity contribution >= 4 is 11.6 Å². The number of nitrogens with one attached hydrogen (secondary N) is 1. The third kappa shape index (κ3) is 4.97. The van der Waals surface area contributed by atoms with E-state index in [-0.39, 0.29) is 18.1 Å². The number of nitrogens with zero attached hydrogens (tertiary/aromatic N) is 1. The van der Waals surface area contributed by atoms with Gasteiger partial charge in [-0.15, -0.1) is 0 Å². The normalized spacial score (nSPS) is 10.2. The van der Waals surface area contributed by atoms with E-state index in [0.717, 1.165) is 0 Å². The first kappa shape index (κ1) is 19.2. The van der Waals surface area contributed by atoms with E-state index < -0.39 is 0 Å². The second kappa shape index (κ2) is 8.85. The van der Waals surface area contributed by atoms with E-state index in [0.29, 0.717) is 34.4 Å². The molecule has 0 atom stereocenters. The summed E-state index contributed by atoms with van der Waals surface area (Å²) in [4.78, 5) is 16.5. The molecule has 0 radical (unpaired) electrons. The van der Waals surface area contributed by atoms with Crippen LogP contribution in [0.15, 0.2) is 60.8 Å². The van der Waals surface area contributed by atoms with E-state index in [4.69, 9.17) is 14.2 Å². The molecular weight excluding hydrogens is 363 g/mol. The fourth-order valence-corrected chi connectivity index (χ4v) is 2.54. The Morgan fingerprint density at radius 1 is 1.00 bits per heavy atom. The highest BCUT2D eigenvalue weighted by Gasteiger charge is 2.11. The fourth-order valence-electron chi connectivity index (χ4n) is 2.54. The zero-order chi connectivity index (χ0) is 19.9. The van der Waals surface area contributed by atoms with E-state index in [1.54, 1.807) is 44.6 Å². The van der Waals surface area contributed by atoms with Gasteiger partial charge in [-0.1, -0.05) is 0 Å². The summed E-state index contributed by atoms with van der Waals surface area (Å²) < 4.78 is 28.9. The molecule has 0 saturated heterocycles. The predicted octanol–water partition coefficient (Wildman–Crippen LogP) is 4.21. The van der Waals surface area contributed by atoms with Crippen LogP contribution in [-0.2, 0) is 11.2 Å². The summed E-state index contributed by atoms with van der Waals surface area (Å²) in [5.41, 5.74) is 1.24. The maximum atomic E-state index is 12.9. The number of benzene rings is 2. The smallest absolute Gasteiger partial charge is 0.228 e. The zero-order valence-corrected chi connectivity index (χ0v) is 15.4. The Kier molecular flexibility index (Phi) is 6.06. The van der Waals surface area contributed by atoms with Crippen LogP contribution in [0.5, 0.6) is 23.1 Å². The Morgan fingerprint density at radius 2 is 1.75 bits per heavy atom. The highest BCUT2D eigenvalue weighted by molar-refractivity contribution is 5.92. The third-order valence-electron chi connectivity index (χ3n) is 3.89. The number of methoxy groups -OCH3 is 2. The first-order valence-electron chi connectivity index (χ1n) is 8.47. The van der Waals surface area contributed by atoms with Crippen molar-refractivity contribution in [1.29, 1.82) is 0 Å². The van der Waals surface area contributed by atoms with Gasteiger partial charge in [-0.2, -0.15) is 0 Å². The van der Waals surface area contributed by atoms with E-state index in [2.05, 4.69) is 10.3 Å². The Labute approximate surface area is 161 Å². The number of rotatable bonds is 7. The largest absolute Gasteiger partial charge is 0.497 e. The Bertz CT molecular complexity index is 944. The molecule has 0 aliphatic rings. The van der Waals surface area contributed by atoms with Crippen molar-refractivity contribution in [2.24, 2.45) is 0 Å². The SMILES string of the molecule is COc1ccc(OC)c(CC(=O)Nc2ccc(Oc3ccc(F)cc3)nc2)c1. The summed E-state index contributed by atoms with van der Waals surface area (Å²) in [5, 5.41) is 2.77. The second-order valence-electron chi connectivity index (χ2n) is 5.84. The van der Waals surface area contributed by atoms with Gasteiger partial charge in [-0.05, 0) is 48.5 Å². The molecule has 0 fully saturated rings. The molecule has 1 amide bonds. The Hall–Kier alpha value is -3.61. The highest BCUT2D eigenvalue weighted by Crippen LogP contribution is 2.25. The number of carbonyl (C=O) groups is 1. The van der Waals surface area contributed by atoms with E-state index in [9.17, 15) is 9.18 Å². The van der Waals surface area contributed by atoms with Gasteiger partial charge >= 0.3 is 0 Å². The molecule has 6 nitrogen and oxygen atoms in total. The van der Waals surface area contributed by atoms with E-state index in [1.165, 1.54) is 30.5 Å². The van der Waals surface area contributed by atoms with Crippen LogP contribution in [0.4, 0.5) is 10.1 Å². The molecule has 0 unspecified atom stereocenters. The molecule has 3 aromatic rings. The van der Waals surface area contributed by atoms with Crippen molar-refractivity contribution in [2.75, 3.05) is 19.5 Å². The van der Waals surface area contributed by atoms with Gasteiger partial charge in [0.2, 0.25) is 11.8 Å². The van der Waals surface area contributed by atoms with Crippen LogP contribution in [0.2, 0.25) is 0 Å². The first-order valence-corrected chi connectivity index (χ1v) is 8.47. The number of hydrogen-bond donors (Lipinski definition) is 1. The van der Waals surface area contributed by atoms with Crippen molar-refractivity contribution < 1.29 is 23.4 Å². The molecule has 1 aromatic heterocycles. The Morgan fingerprint density at radius 3 is 2.39 bits per heavy atom. The highest BCUT2D eigenvalue weighted by atomic mass is 19.1. The van der Waals surface area contributed by atoms with E-state index >= 15 is 0 Å². The van der Waals surface area contributed by atoms with Crippen LogP contribution in [0.1, 0.15) is 5.56 Å². The third-order valence-corrected chi connectivity index (χ3v) is 3.89. The molecule has 2 aromatic carbocycles. The zero-order valence-electron chi connectivity index (χ0n) is 15.4. The number of amides is 1. The predicted molar refractivity (Wildman–Crippen MR) is 103 cm³/mol. The topological polar surface area (TPSA) is 69.7 Å². The molecule has 1 heterocycles. The van der Waals surface area contributed by atoms with Crippen molar-refractivity contribution in [3.8, 4) is 23.1 Å². The van der Waals surface area contributed by atoms with Crippen LogP contribution in [0.3, 0.4) is 0 Å². The average Bonchev–Trinajstić information content (AvgIpc) is 2.71. The summed E-state index contributed by atoms with van der Waals surface area (Å²) in [7, 11) is 3.11. The fraction of sp³-hybridized carbons (Fsp3) is 0.143. The van der Waals surface area contributed by atoms with Gasteiger partial charge in [-0.25, -0.2) is 9.37 Å². The summed E-state index contributed by atoms with van der Waals surface area (Å²) in [6.45, 7) is 0. The van der Waals surface area contributed by atoms with Crippen molar-refractivity contribution in [3.63, 3.8) is 0 Å². The van der Waals surface area contributed by atoms with Crippen molar-refractivity contribution in [1.82, 2.24) is 4.98 Å². The molecule has 0 aliphatic heterocycles. The van der Waals surface area contributed by atoms with Gasteiger partial charge in [0, 0.05) is 11.6 Å². The molecule has 3 rings (SSSR count). The molecule has 7 heteroatoms. The summed E-state index contributed by atoms with van der Waals surface area (Å²) in [5.74, 6) is 1.49. The molecule has 0 spiro atoms. The lowest BCUT2D eigenvalue weighted by molar-refractivity contribution is -0.115. The maximum Gasteiger partial charge on any atom is 0.228 e. The van der Waals surface area contributed by atoms with Gasteiger partial charge in [0.1, 0.15) is 23.1 Å². The molecule has 0 saturated carbocycles. The summed E-state index contributed by atoms with van der Waals surface area (Å²) in [6, 6.07) is 14.2. The lowest BCUT2D eigenvalue weighted by atomic mass is 10.1. The minimum atomic E-state index is -0.342. The van der Waals surface area contributed by atoms with Gasteiger partial charge in [-0.3, -0.25) is 4.79 Å². The van der Waals surface area contributed by atoms with Gasteiger partial charge < -0.3 is 19.5 Å². The van der Waals surface area contributed by atoms with Crippen LogP contribution in [-0.4, -0.2) is 25.1 Å². The molecular formula is C21H19FN2O4.